The number of carbonyl (C=O) groups is 1. The van der Waals surface area contributed by atoms with Gasteiger partial charge in [0.15, 0.2) is 0 Å². The van der Waals surface area contributed by atoms with Crippen LogP contribution in [0.2, 0.25) is 0 Å². The number of hydrogen-bond acceptors (Lipinski definition) is 2. The van der Waals surface area contributed by atoms with Gasteiger partial charge < -0.3 is 0 Å². The van der Waals surface area contributed by atoms with E-state index in [0.29, 0.717) is 0 Å². The Labute approximate surface area is 97.6 Å². The van der Waals surface area contributed by atoms with Gasteiger partial charge in [-0.25, -0.2) is 10.6 Å². The van der Waals surface area contributed by atoms with Crippen molar-refractivity contribution >= 4 is 27.8 Å². The van der Waals surface area contributed by atoms with Crippen LogP contribution < -0.4 is 11.3 Å². The van der Waals surface area contributed by atoms with Gasteiger partial charge in [0.1, 0.15) is 0 Å². The fraction of sp³-hybridized carbons (Fsp3) is 0. The summed E-state index contributed by atoms with van der Waals surface area (Å²) in [4.78, 5) is 11.8. The lowest BCUT2D eigenvalue weighted by Crippen LogP contribution is -2.33. The Morgan fingerprint density at radius 1 is 0.941 bits per heavy atom. The van der Waals surface area contributed by atoms with Crippen molar-refractivity contribution in [2.45, 2.75) is 0 Å². The lowest BCUT2D eigenvalue weighted by molar-refractivity contribution is 0.244. The van der Waals surface area contributed by atoms with E-state index in [-0.39, 0.29) is 6.03 Å². The van der Waals surface area contributed by atoms with Gasteiger partial charge in [-0.1, -0.05) is 36.4 Å². The average Bonchev–Trinajstić information content (AvgIpc) is 2.72. The number of benzene rings is 2. The van der Waals surface area contributed by atoms with Gasteiger partial charge in [0.25, 0.3) is 0 Å². The normalized spacial score (nSPS) is 10.9. The van der Waals surface area contributed by atoms with Crippen LogP contribution >= 0.6 is 0 Å². The predicted octanol–water partition coefficient (Wildman–Crippen LogP) is 2.23. The van der Waals surface area contributed by atoms with Crippen LogP contribution in [-0.2, 0) is 0 Å². The van der Waals surface area contributed by atoms with E-state index in [1.165, 1.54) is 0 Å². The standard InChI is InChI=1S/C13H11N3O/c14-15-13(17)16-11-7-3-1-5-9(11)10-6-2-4-8-12(10)16/h1-8H,14H2,(H,15,17). The van der Waals surface area contributed by atoms with Crippen LogP contribution in [0.1, 0.15) is 0 Å². The Bertz CT molecular complexity index is 662. The lowest BCUT2D eigenvalue weighted by atomic mass is 10.2. The summed E-state index contributed by atoms with van der Waals surface area (Å²) in [7, 11) is 0. The topological polar surface area (TPSA) is 60.0 Å². The minimum absolute atomic E-state index is 0.331. The fourth-order valence-corrected chi connectivity index (χ4v) is 2.21. The Morgan fingerprint density at radius 3 is 1.88 bits per heavy atom. The van der Waals surface area contributed by atoms with Gasteiger partial charge in [-0.2, -0.15) is 0 Å². The highest BCUT2D eigenvalue weighted by Crippen LogP contribution is 2.28. The number of hydrogen-bond donors (Lipinski definition) is 2. The molecule has 0 atom stereocenters. The second kappa shape index (κ2) is 3.61. The van der Waals surface area contributed by atoms with E-state index < -0.39 is 0 Å². The molecule has 1 heterocycles. The molecule has 4 nitrogen and oxygen atoms in total. The molecule has 0 spiro atoms. The molecule has 1 amide bonds. The first-order chi connectivity index (χ1) is 8.33. The number of nitrogens with zero attached hydrogens (tertiary/aromatic N) is 1. The number of fused-ring (bicyclic) bond motifs is 3. The molecule has 0 aliphatic rings. The molecule has 4 heteroatoms. The summed E-state index contributed by atoms with van der Waals surface area (Å²) in [6, 6.07) is 15.2. The summed E-state index contributed by atoms with van der Waals surface area (Å²) < 4.78 is 1.59. The number of nitrogens with two attached hydrogens (primary N) is 1. The fourth-order valence-electron chi connectivity index (χ4n) is 2.21. The molecule has 17 heavy (non-hydrogen) atoms. The number of carbonyl (C=O) groups excluding carboxylic acids is 1. The van der Waals surface area contributed by atoms with Crippen LogP contribution in [0, 0.1) is 0 Å². The number of nitrogen functional groups attached to an aromatic ring is 1. The summed E-state index contributed by atoms with van der Waals surface area (Å²) in [5, 5.41) is 2.10. The van der Waals surface area contributed by atoms with Crippen molar-refractivity contribution in [3.8, 4) is 0 Å². The maximum absolute atomic E-state index is 11.8. The van der Waals surface area contributed by atoms with E-state index in [1.807, 2.05) is 48.5 Å². The zero-order valence-corrected chi connectivity index (χ0v) is 9.05. The Balaban J connectivity index is 2.54. The van der Waals surface area contributed by atoms with Crippen LogP contribution in [0.25, 0.3) is 21.8 Å². The van der Waals surface area contributed by atoms with Crippen molar-refractivity contribution in [2.75, 3.05) is 0 Å². The first-order valence-electron chi connectivity index (χ1n) is 5.32. The van der Waals surface area contributed by atoms with Gasteiger partial charge in [0.2, 0.25) is 0 Å². The number of rotatable bonds is 0. The minimum atomic E-state index is -0.331. The van der Waals surface area contributed by atoms with Crippen LogP contribution in [0.15, 0.2) is 48.5 Å². The van der Waals surface area contributed by atoms with Gasteiger partial charge in [-0.3, -0.25) is 9.99 Å². The second-order valence-corrected chi connectivity index (χ2v) is 3.82. The highest BCUT2D eigenvalue weighted by molar-refractivity contribution is 6.12. The number of aromatic nitrogens is 1. The number of amides is 1. The van der Waals surface area contributed by atoms with Crippen molar-refractivity contribution in [2.24, 2.45) is 5.84 Å². The summed E-state index contributed by atoms with van der Waals surface area (Å²) in [6.45, 7) is 0. The highest BCUT2D eigenvalue weighted by Gasteiger charge is 2.13. The molecule has 3 rings (SSSR count). The van der Waals surface area contributed by atoms with E-state index in [9.17, 15) is 4.79 Å². The predicted molar refractivity (Wildman–Crippen MR) is 67.6 cm³/mol. The van der Waals surface area contributed by atoms with E-state index in [1.54, 1.807) is 4.57 Å². The van der Waals surface area contributed by atoms with Crippen molar-refractivity contribution in [3.63, 3.8) is 0 Å². The minimum Gasteiger partial charge on any atom is -0.275 e. The molecule has 0 saturated carbocycles. The van der Waals surface area contributed by atoms with Crippen LogP contribution in [0.3, 0.4) is 0 Å². The third-order valence-electron chi connectivity index (χ3n) is 2.91. The molecule has 84 valence electrons. The SMILES string of the molecule is NNC(=O)n1c2ccccc2c2ccccc21. The molecule has 1 aromatic heterocycles. The van der Waals surface area contributed by atoms with E-state index in [2.05, 4.69) is 5.43 Å². The molecular weight excluding hydrogens is 214 g/mol. The number of para-hydroxylation sites is 2. The number of nitrogens with one attached hydrogen (secondary N) is 1. The molecule has 0 fully saturated rings. The number of hydrazine groups is 1. The Kier molecular flexibility index (Phi) is 2.09. The molecule has 0 aliphatic carbocycles. The molecule has 0 aliphatic heterocycles. The van der Waals surface area contributed by atoms with E-state index in [4.69, 9.17) is 5.84 Å². The van der Waals surface area contributed by atoms with Crippen LogP contribution in [0.5, 0.6) is 0 Å². The molecule has 3 aromatic rings. The summed E-state index contributed by atoms with van der Waals surface area (Å²) >= 11 is 0. The Morgan fingerprint density at radius 2 is 1.41 bits per heavy atom. The average molecular weight is 225 g/mol. The largest absolute Gasteiger partial charge is 0.340 e. The van der Waals surface area contributed by atoms with E-state index >= 15 is 0 Å². The molecule has 0 bridgehead atoms. The van der Waals surface area contributed by atoms with Gasteiger partial charge in [-0.15, -0.1) is 0 Å². The van der Waals surface area contributed by atoms with Crippen molar-refractivity contribution < 1.29 is 4.79 Å². The van der Waals surface area contributed by atoms with Crippen molar-refractivity contribution in [3.05, 3.63) is 48.5 Å². The van der Waals surface area contributed by atoms with Gasteiger partial charge in [0, 0.05) is 10.8 Å². The zero-order chi connectivity index (χ0) is 11.8. The first-order valence-corrected chi connectivity index (χ1v) is 5.32. The maximum Gasteiger partial charge on any atom is 0.340 e. The van der Waals surface area contributed by atoms with E-state index in [0.717, 1.165) is 21.8 Å². The molecule has 3 N–H and O–H groups in total. The Hall–Kier alpha value is -2.33. The van der Waals surface area contributed by atoms with Crippen LogP contribution in [-0.4, -0.2) is 10.6 Å². The molecule has 0 unspecified atom stereocenters. The highest BCUT2D eigenvalue weighted by atomic mass is 16.2. The smallest absolute Gasteiger partial charge is 0.275 e. The van der Waals surface area contributed by atoms with Gasteiger partial charge in [-0.05, 0) is 12.1 Å². The summed E-state index contributed by atoms with van der Waals surface area (Å²) in [5.74, 6) is 5.22. The summed E-state index contributed by atoms with van der Waals surface area (Å²) in [6.07, 6.45) is 0. The summed E-state index contributed by atoms with van der Waals surface area (Å²) in [5.41, 5.74) is 3.89. The molecule has 2 aromatic carbocycles. The van der Waals surface area contributed by atoms with Gasteiger partial charge >= 0.3 is 6.03 Å². The second-order valence-electron chi connectivity index (χ2n) is 3.82. The first kappa shape index (κ1) is 9.86. The van der Waals surface area contributed by atoms with Crippen LogP contribution in [0.4, 0.5) is 4.79 Å². The molecular formula is C13H11N3O. The molecule has 0 saturated heterocycles. The maximum atomic E-state index is 11.8. The zero-order valence-electron chi connectivity index (χ0n) is 9.05. The third-order valence-corrected chi connectivity index (χ3v) is 2.91. The monoisotopic (exact) mass is 225 g/mol. The van der Waals surface area contributed by atoms with Gasteiger partial charge in [0.05, 0.1) is 11.0 Å². The molecule has 0 radical (unpaired) electrons. The quantitative estimate of drug-likeness (QED) is 0.350. The lowest BCUT2D eigenvalue weighted by Gasteiger charge is -2.03. The van der Waals surface area contributed by atoms with Crippen molar-refractivity contribution in [1.82, 2.24) is 9.99 Å². The van der Waals surface area contributed by atoms with Crippen molar-refractivity contribution in [1.29, 1.82) is 0 Å². The third kappa shape index (κ3) is 1.31.